The summed E-state index contributed by atoms with van der Waals surface area (Å²) in [6.07, 6.45) is 0.514. The lowest BCUT2D eigenvalue weighted by molar-refractivity contribution is 0.0651. The van der Waals surface area contributed by atoms with Gasteiger partial charge in [0.05, 0.1) is 11.1 Å². The first-order chi connectivity index (χ1) is 7.41. The first-order valence-corrected chi connectivity index (χ1v) is 4.77. The summed E-state index contributed by atoms with van der Waals surface area (Å²) in [5.41, 5.74) is 5.89. The van der Waals surface area contributed by atoms with Crippen LogP contribution in [-0.4, -0.2) is 28.2 Å². The van der Waals surface area contributed by atoms with Crippen molar-refractivity contribution in [2.75, 3.05) is 0 Å². The molecule has 0 bridgehead atoms. The third-order valence-corrected chi connectivity index (χ3v) is 2.10. The molecule has 0 spiro atoms. The number of aromatic carboxylic acids is 2. The largest absolute Gasteiger partial charge is 0.478 e. The van der Waals surface area contributed by atoms with Crippen molar-refractivity contribution in [2.45, 2.75) is 19.4 Å². The van der Waals surface area contributed by atoms with E-state index in [9.17, 15) is 9.59 Å². The van der Waals surface area contributed by atoms with Crippen LogP contribution in [0, 0.1) is 0 Å². The van der Waals surface area contributed by atoms with Gasteiger partial charge in [-0.05, 0) is 31.0 Å². The summed E-state index contributed by atoms with van der Waals surface area (Å²) in [6, 6.07) is 4.13. The Balaban J connectivity index is 0.00000256. The first-order valence-electron chi connectivity index (χ1n) is 4.77. The Morgan fingerprint density at radius 2 is 1.76 bits per heavy atom. The lowest BCUT2D eigenvalue weighted by Crippen LogP contribution is -2.18. The van der Waals surface area contributed by atoms with Gasteiger partial charge >= 0.3 is 11.9 Å². The van der Waals surface area contributed by atoms with E-state index in [0.717, 1.165) is 5.56 Å². The summed E-state index contributed by atoms with van der Waals surface area (Å²) in [5.74, 6) is -2.49. The minimum atomic E-state index is -1.25. The van der Waals surface area contributed by atoms with Crippen LogP contribution in [0.2, 0.25) is 0 Å². The number of benzene rings is 1. The summed E-state index contributed by atoms with van der Waals surface area (Å²) in [6.45, 7) is 1.80. The van der Waals surface area contributed by atoms with Gasteiger partial charge in [-0.3, -0.25) is 0 Å². The summed E-state index contributed by atoms with van der Waals surface area (Å²) < 4.78 is 0. The van der Waals surface area contributed by atoms with E-state index in [1.807, 2.05) is 0 Å². The smallest absolute Gasteiger partial charge is 0.336 e. The van der Waals surface area contributed by atoms with Crippen molar-refractivity contribution >= 4 is 24.3 Å². The maximum absolute atomic E-state index is 10.9. The van der Waals surface area contributed by atoms with Crippen LogP contribution < -0.4 is 5.73 Å². The summed E-state index contributed by atoms with van der Waals surface area (Å²) in [4.78, 5) is 21.6. The summed E-state index contributed by atoms with van der Waals surface area (Å²) >= 11 is 0. The molecule has 5 nitrogen and oxygen atoms in total. The molecule has 0 aliphatic heterocycles. The van der Waals surface area contributed by atoms with E-state index in [1.165, 1.54) is 12.1 Å². The zero-order chi connectivity index (χ0) is 12.3. The fourth-order valence-electron chi connectivity index (χ4n) is 1.45. The van der Waals surface area contributed by atoms with Crippen molar-refractivity contribution in [2.24, 2.45) is 5.73 Å². The molecule has 17 heavy (non-hydrogen) atoms. The highest BCUT2D eigenvalue weighted by Crippen LogP contribution is 2.13. The molecule has 0 radical (unpaired) electrons. The third-order valence-electron chi connectivity index (χ3n) is 2.10. The number of halogens is 1. The Kier molecular flexibility index (Phi) is 5.64. The van der Waals surface area contributed by atoms with Crippen LogP contribution in [0.1, 0.15) is 33.2 Å². The predicted octanol–water partition coefficient (Wildman–Crippen LogP) is 1.39. The number of rotatable bonds is 4. The van der Waals surface area contributed by atoms with E-state index in [1.54, 1.807) is 13.0 Å². The zero-order valence-electron chi connectivity index (χ0n) is 9.21. The second kappa shape index (κ2) is 6.22. The number of hydrogen-bond donors (Lipinski definition) is 3. The third kappa shape index (κ3) is 4.05. The molecule has 1 aromatic rings. The van der Waals surface area contributed by atoms with Crippen LogP contribution in [0.25, 0.3) is 0 Å². The molecule has 4 N–H and O–H groups in total. The topological polar surface area (TPSA) is 101 Å². The average Bonchev–Trinajstić information content (AvgIpc) is 2.16. The van der Waals surface area contributed by atoms with E-state index < -0.39 is 11.9 Å². The number of hydrogen-bond acceptors (Lipinski definition) is 3. The summed E-state index contributed by atoms with van der Waals surface area (Å²) in [5, 5.41) is 17.7. The van der Waals surface area contributed by atoms with E-state index >= 15 is 0 Å². The predicted molar refractivity (Wildman–Crippen MR) is 65.0 cm³/mol. The van der Waals surface area contributed by atoms with Crippen LogP contribution in [-0.2, 0) is 6.42 Å². The number of carboxylic acid groups (broad SMARTS) is 2. The lowest BCUT2D eigenvalue weighted by Gasteiger charge is -2.07. The molecular weight excluding hydrogens is 246 g/mol. The molecule has 0 amide bonds. The Morgan fingerprint density at radius 3 is 2.18 bits per heavy atom. The molecule has 0 saturated carbocycles. The van der Waals surface area contributed by atoms with Crippen molar-refractivity contribution in [1.29, 1.82) is 0 Å². The highest BCUT2D eigenvalue weighted by molar-refractivity contribution is 6.01. The van der Waals surface area contributed by atoms with E-state index in [2.05, 4.69) is 0 Å². The van der Waals surface area contributed by atoms with Gasteiger partial charge in [-0.25, -0.2) is 9.59 Å². The van der Waals surface area contributed by atoms with Crippen molar-refractivity contribution in [3.63, 3.8) is 0 Å². The van der Waals surface area contributed by atoms with Crippen molar-refractivity contribution in [1.82, 2.24) is 0 Å². The molecule has 0 fully saturated rings. The van der Waals surface area contributed by atoms with Crippen LogP contribution in [0.15, 0.2) is 18.2 Å². The second-order valence-corrected chi connectivity index (χ2v) is 3.67. The standard InChI is InChI=1S/C11H13NO4.ClH/c1-6(12)4-7-2-3-8(10(13)14)9(5-7)11(15)16;/h2-3,5-6H,4,12H2,1H3,(H,13,14)(H,15,16);1H. The molecule has 0 heterocycles. The van der Waals surface area contributed by atoms with Crippen LogP contribution in [0.5, 0.6) is 0 Å². The SMILES string of the molecule is CC(N)Cc1ccc(C(=O)O)c(C(=O)O)c1.Cl. The van der Waals surface area contributed by atoms with Gasteiger partial charge in [-0.15, -0.1) is 12.4 Å². The average molecular weight is 260 g/mol. The van der Waals surface area contributed by atoms with E-state index in [-0.39, 0.29) is 29.6 Å². The molecule has 6 heteroatoms. The molecule has 1 atom stereocenters. The normalized spacial score (nSPS) is 11.4. The van der Waals surface area contributed by atoms with Gasteiger partial charge in [-0.1, -0.05) is 6.07 Å². The Morgan fingerprint density at radius 1 is 1.24 bits per heavy atom. The maximum Gasteiger partial charge on any atom is 0.336 e. The van der Waals surface area contributed by atoms with Gasteiger partial charge in [0, 0.05) is 6.04 Å². The molecule has 0 saturated heterocycles. The van der Waals surface area contributed by atoms with Gasteiger partial charge in [-0.2, -0.15) is 0 Å². The molecule has 1 aromatic carbocycles. The molecule has 0 aliphatic carbocycles. The molecule has 0 aliphatic rings. The highest BCUT2D eigenvalue weighted by Gasteiger charge is 2.16. The fourth-order valence-corrected chi connectivity index (χ4v) is 1.45. The zero-order valence-corrected chi connectivity index (χ0v) is 10.0. The van der Waals surface area contributed by atoms with Gasteiger partial charge < -0.3 is 15.9 Å². The molecule has 94 valence electrons. The minimum Gasteiger partial charge on any atom is -0.478 e. The number of carboxylic acids is 2. The van der Waals surface area contributed by atoms with Gasteiger partial charge in [0.25, 0.3) is 0 Å². The van der Waals surface area contributed by atoms with E-state index in [4.69, 9.17) is 15.9 Å². The monoisotopic (exact) mass is 259 g/mol. The Hall–Kier alpha value is -1.59. The second-order valence-electron chi connectivity index (χ2n) is 3.67. The molecule has 1 unspecified atom stereocenters. The van der Waals surface area contributed by atoms with Crippen LogP contribution in [0.3, 0.4) is 0 Å². The highest BCUT2D eigenvalue weighted by atomic mass is 35.5. The minimum absolute atomic E-state index is 0. The summed E-state index contributed by atoms with van der Waals surface area (Å²) in [7, 11) is 0. The quantitative estimate of drug-likeness (QED) is 0.759. The number of carbonyl (C=O) groups is 2. The maximum atomic E-state index is 10.9. The fraction of sp³-hybridized carbons (Fsp3) is 0.273. The van der Waals surface area contributed by atoms with Gasteiger partial charge in [0.1, 0.15) is 0 Å². The van der Waals surface area contributed by atoms with Crippen molar-refractivity contribution in [3.05, 3.63) is 34.9 Å². The molecule has 1 rings (SSSR count). The van der Waals surface area contributed by atoms with E-state index in [0.29, 0.717) is 6.42 Å². The van der Waals surface area contributed by atoms with Crippen LogP contribution >= 0.6 is 12.4 Å². The Labute approximate surface area is 105 Å². The first kappa shape index (κ1) is 15.4. The van der Waals surface area contributed by atoms with Gasteiger partial charge in [0.2, 0.25) is 0 Å². The Bertz CT molecular complexity index is 431. The van der Waals surface area contributed by atoms with Gasteiger partial charge in [0.15, 0.2) is 0 Å². The van der Waals surface area contributed by atoms with Crippen molar-refractivity contribution < 1.29 is 19.8 Å². The van der Waals surface area contributed by atoms with Crippen molar-refractivity contribution in [3.8, 4) is 0 Å². The lowest BCUT2D eigenvalue weighted by atomic mass is 10.0. The van der Waals surface area contributed by atoms with Crippen LogP contribution in [0.4, 0.5) is 0 Å². The molecular formula is C11H14ClNO4. The number of nitrogens with two attached hydrogens (primary N) is 1. The molecule has 0 aromatic heterocycles.